The van der Waals surface area contributed by atoms with Crippen LogP contribution in [0, 0.1) is 5.92 Å². The Labute approximate surface area is 133 Å². The van der Waals surface area contributed by atoms with Gasteiger partial charge in [-0.2, -0.15) is 0 Å². The zero-order valence-corrected chi connectivity index (χ0v) is 13.5. The monoisotopic (exact) mass is 301 g/mol. The molecule has 1 aromatic carbocycles. The summed E-state index contributed by atoms with van der Waals surface area (Å²) in [5, 5.41) is 3.23. The van der Waals surface area contributed by atoms with Gasteiger partial charge in [-0.05, 0) is 43.7 Å². The van der Waals surface area contributed by atoms with Crippen molar-refractivity contribution >= 4 is 11.7 Å². The number of hydrogen-bond acceptors (Lipinski definition) is 2. The molecule has 22 heavy (non-hydrogen) atoms. The lowest BCUT2D eigenvalue weighted by atomic mass is 9.87. The minimum absolute atomic E-state index is 0.132. The van der Waals surface area contributed by atoms with Crippen LogP contribution in [-0.4, -0.2) is 43.2 Å². The van der Waals surface area contributed by atoms with Gasteiger partial charge in [0.2, 0.25) is 0 Å². The van der Waals surface area contributed by atoms with E-state index in [-0.39, 0.29) is 6.03 Å². The van der Waals surface area contributed by atoms with Crippen LogP contribution in [0.5, 0.6) is 0 Å². The van der Waals surface area contributed by atoms with Crippen LogP contribution in [-0.2, 0) is 0 Å². The van der Waals surface area contributed by atoms with Crippen molar-refractivity contribution in [2.24, 2.45) is 5.92 Å². The van der Waals surface area contributed by atoms with E-state index < -0.39 is 0 Å². The van der Waals surface area contributed by atoms with Gasteiger partial charge in [-0.3, -0.25) is 0 Å². The van der Waals surface area contributed by atoms with Gasteiger partial charge in [0.25, 0.3) is 0 Å². The maximum Gasteiger partial charge on any atom is 0.317 e. The fourth-order valence-electron chi connectivity index (χ4n) is 3.48. The molecule has 120 valence electrons. The lowest BCUT2D eigenvalue weighted by molar-refractivity contribution is 0.184. The maximum atomic E-state index is 12.4. The fraction of sp³-hybridized carbons (Fsp3) is 0.611. The Kier molecular flexibility index (Phi) is 4.86. The Hall–Kier alpha value is -1.71. The summed E-state index contributed by atoms with van der Waals surface area (Å²) in [6, 6.07) is 11.0. The second-order valence-corrected chi connectivity index (χ2v) is 6.72. The number of hydrogen-bond donors (Lipinski definition) is 1. The van der Waals surface area contributed by atoms with Crippen molar-refractivity contribution in [2.75, 3.05) is 31.1 Å². The van der Waals surface area contributed by atoms with E-state index in [1.165, 1.54) is 18.5 Å². The number of urea groups is 1. The number of amides is 2. The quantitative estimate of drug-likeness (QED) is 0.911. The summed E-state index contributed by atoms with van der Waals surface area (Å²) < 4.78 is 0. The van der Waals surface area contributed by atoms with E-state index in [0.29, 0.717) is 6.04 Å². The molecular formula is C18H27N3O. The van der Waals surface area contributed by atoms with E-state index in [2.05, 4.69) is 41.4 Å². The molecule has 2 amide bonds. The topological polar surface area (TPSA) is 35.6 Å². The molecule has 4 nitrogen and oxygen atoms in total. The molecule has 0 aromatic heterocycles. The molecule has 1 aromatic rings. The molecule has 2 aliphatic rings. The maximum absolute atomic E-state index is 12.4. The lowest BCUT2D eigenvalue weighted by Gasteiger charge is -2.37. The van der Waals surface area contributed by atoms with Crippen molar-refractivity contribution in [2.45, 2.75) is 38.6 Å². The van der Waals surface area contributed by atoms with Crippen molar-refractivity contribution in [3.05, 3.63) is 30.3 Å². The summed E-state index contributed by atoms with van der Waals surface area (Å²) >= 11 is 0. The van der Waals surface area contributed by atoms with Gasteiger partial charge in [-0.1, -0.05) is 25.1 Å². The van der Waals surface area contributed by atoms with Crippen molar-refractivity contribution in [3.63, 3.8) is 0 Å². The van der Waals surface area contributed by atoms with Crippen molar-refractivity contribution in [1.82, 2.24) is 10.2 Å². The fourth-order valence-corrected chi connectivity index (χ4v) is 3.48. The number of rotatable bonds is 2. The highest BCUT2D eigenvalue weighted by Gasteiger charge is 2.25. The molecule has 3 rings (SSSR count). The van der Waals surface area contributed by atoms with Crippen molar-refractivity contribution in [1.29, 1.82) is 0 Å². The van der Waals surface area contributed by atoms with Gasteiger partial charge in [0.1, 0.15) is 0 Å². The lowest BCUT2D eigenvalue weighted by Crippen LogP contribution is -2.53. The smallest absolute Gasteiger partial charge is 0.317 e. The number of nitrogens with zero attached hydrogens (tertiary/aromatic N) is 2. The number of anilines is 1. The molecule has 1 N–H and O–H groups in total. The van der Waals surface area contributed by atoms with Gasteiger partial charge >= 0.3 is 6.03 Å². The highest BCUT2D eigenvalue weighted by Crippen LogP contribution is 2.23. The number of piperazine rings is 1. The molecule has 2 fully saturated rings. The van der Waals surface area contributed by atoms with Gasteiger partial charge in [0, 0.05) is 37.9 Å². The van der Waals surface area contributed by atoms with Crippen LogP contribution < -0.4 is 10.2 Å². The van der Waals surface area contributed by atoms with Crippen LogP contribution in [0.15, 0.2) is 30.3 Å². The molecule has 1 heterocycles. The molecule has 0 spiro atoms. The second-order valence-electron chi connectivity index (χ2n) is 6.72. The highest BCUT2D eigenvalue weighted by atomic mass is 16.2. The molecular weight excluding hydrogens is 274 g/mol. The van der Waals surface area contributed by atoms with Gasteiger partial charge in [-0.15, -0.1) is 0 Å². The first-order valence-electron chi connectivity index (χ1n) is 8.58. The summed E-state index contributed by atoms with van der Waals surface area (Å²) in [6.45, 7) is 5.76. The summed E-state index contributed by atoms with van der Waals surface area (Å²) in [4.78, 5) is 16.7. The largest absolute Gasteiger partial charge is 0.368 e. The van der Waals surface area contributed by atoms with Crippen LogP contribution in [0.1, 0.15) is 32.6 Å². The van der Waals surface area contributed by atoms with E-state index in [1.807, 2.05) is 11.0 Å². The minimum atomic E-state index is 0.132. The summed E-state index contributed by atoms with van der Waals surface area (Å²) in [5.41, 5.74) is 1.25. The standard InChI is InChI=1S/C18H27N3O/c1-15-7-9-16(10-8-15)19-18(22)21-13-11-20(12-14-21)17-5-3-2-4-6-17/h2-6,15-16H,7-14H2,1H3,(H,19,22). The molecule has 1 aliphatic heterocycles. The zero-order chi connectivity index (χ0) is 15.4. The van der Waals surface area contributed by atoms with Crippen LogP contribution in [0.4, 0.5) is 10.5 Å². The number of carbonyl (C=O) groups is 1. The molecule has 4 heteroatoms. The van der Waals surface area contributed by atoms with Gasteiger partial charge in [0.05, 0.1) is 0 Å². The number of carbonyl (C=O) groups excluding carboxylic acids is 1. The Morgan fingerprint density at radius 2 is 1.64 bits per heavy atom. The van der Waals surface area contributed by atoms with E-state index in [0.717, 1.165) is 44.9 Å². The first-order valence-corrected chi connectivity index (χ1v) is 8.58. The number of benzene rings is 1. The van der Waals surface area contributed by atoms with Gasteiger partial charge in [-0.25, -0.2) is 4.79 Å². The second kappa shape index (κ2) is 7.03. The van der Waals surface area contributed by atoms with Crippen molar-refractivity contribution in [3.8, 4) is 0 Å². The molecule has 1 saturated heterocycles. The summed E-state index contributed by atoms with van der Waals surface area (Å²) in [5.74, 6) is 0.822. The molecule has 1 saturated carbocycles. The average molecular weight is 301 g/mol. The number of para-hydroxylation sites is 1. The third-order valence-corrected chi connectivity index (χ3v) is 5.03. The van der Waals surface area contributed by atoms with Crippen LogP contribution in [0.3, 0.4) is 0 Å². The van der Waals surface area contributed by atoms with Crippen LogP contribution in [0.2, 0.25) is 0 Å². The summed E-state index contributed by atoms with van der Waals surface area (Å²) in [6.07, 6.45) is 4.76. The first kappa shape index (κ1) is 15.2. The average Bonchev–Trinajstić information content (AvgIpc) is 2.58. The zero-order valence-electron chi connectivity index (χ0n) is 13.5. The number of nitrogens with one attached hydrogen (secondary N) is 1. The highest BCUT2D eigenvalue weighted by molar-refractivity contribution is 5.75. The third kappa shape index (κ3) is 3.73. The van der Waals surface area contributed by atoms with Crippen molar-refractivity contribution < 1.29 is 4.79 Å². The SMILES string of the molecule is CC1CCC(NC(=O)N2CCN(c3ccccc3)CC2)CC1. The Morgan fingerprint density at radius 3 is 2.27 bits per heavy atom. The Bertz CT molecular complexity index is 474. The molecule has 0 bridgehead atoms. The van der Waals surface area contributed by atoms with Crippen LogP contribution >= 0.6 is 0 Å². The van der Waals surface area contributed by atoms with E-state index in [1.54, 1.807) is 0 Å². The third-order valence-electron chi connectivity index (χ3n) is 5.03. The van der Waals surface area contributed by atoms with Gasteiger partial charge < -0.3 is 15.1 Å². The molecule has 0 atom stereocenters. The summed E-state index contributed by atoms with van der Waals surface area (Å²) in [7, 11) is 0. The molecule has 0 unspecified atom stereocenters. The van der Waals surface area contributed by atoms with Crippen LogP contribution in [0.25, 0.3) is 0 Å². The minimum Gasteiger partial charge on any atom is -0.368 e. The van der Waals surface area contributed by atoms with E-state index in [4.69, 9.17) is 0 Å². The molecule has 0 radical (unpaired) electrons. The van der Waals surface area contributed by atoms with E-state index >= 15 is 0 Å². The predicted molar refractivity (Wildman–Crippen MR) is 90.2 cm³/mol. The molecule has 1 aliphatic carbocycles. The normalized spacial score (nSPS) is 25.9. The predicted octanol–water partition coefficient (Wildman–Crippen LogP) is 3.10. The van der Waals surface area contributed by atoms with E-state index in [9.17, 15) is 4.79 Å². The Balaban J connectivity index is 1.46. The Morgan fingerprint density at radius 1 is 1.00 bits per heavy atom. The first-order chi connectivity index (χ1) is 10.7. The van der Waals surface area contributed by atoms with Gasteiger partial charge in [0.15, 0.2) is 0 Å².